The monoisotopic (exact) mass is 420 g/mol. The molecule has 0 aliphatic carbocycles. The van der Waals surface area contributed by atoms with Crippen molar-refractivity contribution >= 4 is 22.8 Å². The van der Waals surface area contributed by atoms with E-state index in [0.29, 0.717) is 16.5 Å². The Balaban J connectivity index is 1.61. The lowest BCUT2D eigenvalue weighted by Gasteiger charge is -2.10. The van der Waals surface area contributed by atoms with E-state index in [-0.39, 0.29) is 24.7 Å². The van der Waals surface area contributed by atoms with Gasteiger partial charge in [0.2, 0.25) is 5.91 Å². The third kappa shape index (κ3) is 5.31. The predicted molar refractivity (Wildman–Crippen MR) is 103 cm³/mol. The second-order valence-electron chi connectivity index (χ2n) is 6.50. The number of aromatic nitrogens is 1. The van der Waals surface area contributed by atoms with E-state index in [1.54, 1.807) is 47.2 Å². The summed E-state index contributed by atoms with van der Waals surface area (Å²) in [5.41, 5.74) is 1.80. The molecular weight excluding hydrogens is 401 g/mol. The van der Waals surface area contributed by atoms with E-state index in [1.807, 2.05) is 0 Å². The van der Waals surface area contributed by atoms with Crippen LogP contribution in [-0.2, 0) is 22.6 Å². The molecule has 6 nitrogen and oxygen atoms in total. The largest absolute Gasteiger partial charge is 0.484 e. The summed E-state index contributed by atoms with van der Waals surface area (Å²) in [4.78, 5) is 24.3. The van der Waals surface area contributed by atoms with Gasteiger partial charge >= 0.3 is 12.1 Å². The van der Waals surface area contributed by atoms with Gasteiger partial charge in [0.25, 0.3) is 0 Å². The van der Waals surface area contributed by atoms with E-state index in [1.165, 1.54) is 19.2 Å². The van der Waals surface area contributed by atoms with Gasteiger partial charge < -0.3 is 19.4 Å². The fourth-order valence-electron chi connectivity index (χ4n) is 2.93. The number of hydrogen-bond donors (Lipinski definition) is 1. The van der Waals surface area contributed by atoms with Gasteiger partial charge in [-0.05, 0) is 23.8 Å². The molecule has 2 aromatic carbocycles. The molecule has 0 fully saturated rings. The number of rotatable bonds is 7. The van der Waals surface area contributed by atoms with Crippen molar-refractivity contribution in [3.05, 3.63) is 65.9 Å². The first-order valence-corrected chi connectivity index (χ1v) is 8.98. The number of carbonyl (C=O) groups is 2. The number of benzene rings is 2. The number of fused-ring (bicyclic) bond motifs is 1. The Hall–Kier alpha value is -3.49. The topological polar surface area (TPSA) is 69.6 Å². The molecular formula is C21H19F3N2O4. The Morgan fingerprint density at radius 1 is 1.07 bits per heavy atom. The van der Waals surface area contributed by atoms with E-state index in [4.69, 9.17) is 4.74 Å². The van der Waals surface area contributed by atoms with Gasteiger partial charge in [-0.25, -0.2) is 4.79 Å². The molecule has 0 radical (unpaired) electrons. The third-order valence-electron chi connectivity index (χ3n) is 4.32. The van der Waals surface area contributed by atoms with Gasteiger partial charge in [0.15, 0.2) is 6.61 Å². The molecule has 0 unspecified atom stereocenters. The van der Waals surface area contributed by atoms with Crippen LogP contribution < -0.4 is 10.1 Å². The van der Waals surface area contributed by atoms with Crippen LogP contribution in [0.2, 0.25) is 0 Å². The zero-order valence-corrected chi connectivity index (χ0v) is 16.0. The Labute approximate surface area is 170 Å². The lowest BCUT2D eigenvalue weighted by Crippen LogP contribution is -2.26. The van der Waals surface area contributed by atoms with Crippen LogP contribution in [0.5, 0.6) is 5.75 Å². The van der Waals surface area contributed by atoms with Gasteiger partial charge in [-0.1, -0.05) is 30.3 Å². The Morgan fingerprint density at radius 2 is 1.77 bits per heavy atom. The lowest BCUT2D eigenvalue weighted by molar-refractivity contribution is -0.153. The van der Waals surface area contributed by atoms with Crippen molar-refractivity contribution in [2.45, 2.75) is 19.3 Å². The number of nitrogens with one attached hydrogen (secondary N) is 1. The van der Waals surface area contributed by atoms with Gasteiger partial charge in [0.05, 0.1) is 12.7 Å². The molecule has 30 heavy (non-hydrogen) atoms. The minimum Gasteiger partial charge on any atom is -0.484 e. The number of esters is 1. The number of carbonyl (C=O) groups excluding carboxylic acids is 2. The van der Waals surface area contributed by atoms with Gasteiger partial charge in [0, 0.05) is 23.6 Å². The Morgan fingerprint density at radius 3 is 2.43 bits per heavy atom. The summed E-state index contributed by atoms with van der Waals surface area (Å²) in [5.74, 6) is -0.681. The van der Waals surface area contributed by atoms with E-state index >= 15 is 0 Å². The van der Waals surface area contributed by atoms with Crippen molar-refractivity contribution in [1.29, 1.82) is 0 Å². The molecule has 3 aromatic rings. The van der Waals surface area contributed by atoms with Crippen molar-refractivity contribution in [2.75, 3.05) is 13.7 Å². The molecule has 1 N–H and O–H groups in total. The highest BCUT2D eigenvalue weighted by Gasteiger charge is 2.28. The highest BCUT2D eigenvalue weighted by molar-refractivity contribution is 6.04. The smallest absolute Gasteiger partial charge is 0.422 e. The first-order valence-electron chi connectivity index (χ1n) is 8.98. The molecule has 0 spiro atoms. The Bertz CT molecular complexity index is 1040. The maximum Gasteiger partial charge on any atom is 0.422 e. The molecule has 3 rings (SSSR count). The molecule has 1 amide bonds. The highest BCUT2D eigenvalue weighted by Crippen LogP contribution is 2.22. The minimum atomic E-state index is -4.40. The number of halogens is 3. The average Bonchev–Trinajstić information content (AvgIpc) is 3.09. The molecule has 0 aliphatic heterocycles. The minimum absolute atomic E-state index is 0.00964. The third-order valence-corrected chi connectivity index (χ3v) is 4.32. The molecule has 0 aliphatic rings. The van der Waals surface area contributed by atoms with Crippen LogP contribution in [0.3, 0.4) is 0 Å². The molecule has 1 heterocycles. The van der Waals surface area contributed by atoms with Crippen LogP contribution in [-0.4, -0.2) is 36.3 Å². The summed E-state index contributed by atoms with van der Waals surface area (Å²) in [6.07, 6.45) is -2.83. The first-order chi connectivity index (χ1) is 14.3. The maximum absolute atomic E-state index is 12.4. The van der Waals surface area contributed by atoms with Crippen molar-refractivity contribution in [3.8, 4) is 5.75 Å². The SMILES string of the molecule is COC(=O)c1cn(CC(=O)NCc2ccc(OCC(F)(F)F)cc2)c2ccccc12. The van der Waals surface area contributed by atoms with Crippen LogP contribution in [0.4, 0.5) is 13.2 Å². The average molecular weight is 420 g/mol. The summed E-state index contributed by atoms with van der Waals surface area (Å²) in [7, 11) is 1.29. The maximum atomic E-state index is 12.4. The zero-order chi connectivity index (χ0) is 21.7. The lowest BCUT2D eigenvalue weighted by atomic mass is 10.2. The van der Waals surface area contributed by atoms with Gasteiger partial charge in [-0.2, -0.15) is 13.2 Å². The molecule has 1 aromatic heterocycles. The molecule has 0 saturated carbocycles. The van der Waals surface area contributed by atoms with Crippen LogP contribution in [0.15, 0.2) is 54.7 Å². The number of amides is 1. The van der Waals surface area contributed by atoms with Crippen LogP contribution >= 0.6 is 0 Å². The summed E-state index contributed by atoms with van der Waals surface area (Å²) in [6, 6.07) is 13.2. The summed E-state index contributed by atoms with van der Waals surface area (Å²) < 4.78 is 47.6. The second-order valence-corrected chi connectivity index (χ2v) is 6.50. The van der Waals surface area contributed by atoms with Crippen LogP contribution in [0, 0.1) is 0 Å². The van der Waals surface area contributed by atoms with Crippen molar-refractivity contribution < 1.29 is 32.2 Å². The van der Waals surface area contributed by atoms with E-state index < -0.39 is 18.8 Å². The van der Waals surface area contributed by atoms with Gasteiger partial charge in [0.1, 0.15) is 12.3 Å². The highest BCUT2D eigenvalue weighted by atomic mass is 19.4. The first kappa shape index (κ1) is 21.2. The van der Waals surface area contributed by atoms with E-state index in [2.05, 4.69) is 10.1 Å². The number of ether oxygens (including phenoxy) is 2. The van der Waals surface area contributed by atoms with Crippen molar-refractivity contribution in [3.63, 3.8) is 0 Å². The zero-order valence-electron chi connectivity index (χ0n) is 16.0. The predicted octanol–water partition coefficient (Wildman–Crippen LogP) is 3.69. The number of para-hydroxylation sites is 1. The normalized spacial score (nSPS) is 11.3. The molecule has 9 heteroatoms. The summed E-state index contributed by atoms with van der Waals surface area (Å²) in [6.45, 7) is -1.17. The van der Waals surface area contributed by atoms with E-state index in [0.717, 1.165) is 5.52 Å². The standard InChI is InChI=1S/C21H19F3N2O4/c1-29-20(28)17-11-26(18-5-3-2-4-16(17)18)12-19(27)25-10-14-6-8-15(9-7-14)30-13-21(22,23)24/h2-9,11H,10,12-13H2,1H3,(H,25,27). The quantitative estimate of drug-likeness (QED) is 0.592. The van der Waals surface area contributed by atoms with E-state index in [9.17, 15) is 22.8 Å². The number of nitrogens with zero attached hydrogens (tertiary/aromatic N) is 1. The fourth-order valence-corrected chi connectivity index (χ4v) is 2.93. The fraction of sp³-hybridized carbons (Fsp3) is 0.238. The van der Waals surface area contributed by atoms with Crippen molar-refractivity contribution in [2.24, 2.45) is 0 Å². The van der Waals surface area contributed by atoms with Crippen LogP contribution in [0.25, 0.3) is 10.9 Å². The molecule has 0 saturated heterocycles. The molecule has 0 atom stereocenters. The summed E-state index contributed by atoms with van der Waals surface area (Å²) >= 11 is 0. The van der Waals surface area contributed by atoms with Crippen LogP contribution in [0.1, 0.15) is 15.9 Å². The second kappa shape index (κ2) is 8.89. The van der Waals surface area contributed by atoms with Gasteiger partial charge in [-0.3, -0.25) is 4.79 Å². The Kier molecular flexibility index (Phi) is 6.29. The number of methoxy groups -OCH3 is 1. The number of alkyl halides is 3. The van der Waals surface area contributed by atoms with Gasteiger partial charge in [-0.15, -0.1) is 0 Å². The summed E-state index contributed by atoms with van der Waals surface area (Å²) in [5, 5.41) is 3.43. The van der Waals surface area contributed by atoms with Crippen molar-refractivity contribution in [1.82, 2.24) is 9.88 Å². The number of hydrogen-bond acceptors (Lipinski definition) is 4. The molecule has 0 bridgehead atoms. The molecule has 158 valence electrons.